The first kappa shape index (κ1) is 17.2. The lowest BCUT2D eigenvalue weighted by atomic mass is 10.2. The predicted octanol–water partition coefficient (Wildman–Crippen LogP) is 3.36. The van der Waals surface area contributed by atoms with Gasteiger partial charge in [-0.25, -0.2) is 0 Å². The Morgan fingerprint density at radius 2 is 1.93 bits per heavy atom. The number of rotatable bonds is 5. The molecule has 0 bridgehead atoms. The molecule has 0 unspecified atom stereocenters. The summed E-state index contributed by atoms with van der Waals surface area (Å²) in [6, 6.07) is 16.0. The maximum absolute atomic E-state index is 13.0. The lowest BCUT2D eigenvalue weighted by Gasteiger charge is -2.21. The topological polar surface area (TPSA) is 49.3 Å². The van der Waals surface area contributed by atoms with Gasteiger partial charge in [-0.2, -0.15) is 0 Å². The highest BCUT2D eigenvalue weighted by Gasteiger charge is 2.26. The summed E-state index contributed by atoms with van der Waals surface area (Å²) in [5.74, 6) is -0.0377. The highest BCUT2D eigenvalue weighted by molar-refractivity contribution is 6.06. The number of hydrogen-bond acceptors (Lipinski definition) is 4. The largest absolute Gasteiger partial charge is 0.374 e. The van der Waals surface area contributed by atoms with E-state index in [4.69, 9.17) is 0 Å². The van der Waals surface area contributed by atoms with Crippen LogP contribution in [0.5, 0.6) is 0 Å². The first-order chi connectivity index (χ1) is 13.2. The van der Waals surface area contributed by atoms with Crippen LogP contribution in [-0.4, -0.2) is 36.0 Å². The van der Waals surface area contributed by atoms with Crippen molar-refractivity contribution in [3.63, 3.8) is 0 Å². The lowest BCUT2D eigenvalue weighted by molar-refractivity contribution is 0.0984. The number of aromatic nitrogens is 2. The lowest BCUT2D eigenvalue weighted by Crippen LogP contribution is -2.30. The monoisotopic (exact) mass is 358 g/mol. The van der Waals surface area contributed by atoms with Crippen molar-refractivity contribution in [2.45, 2.75) is 12.8 Å². The second kappa shape index (κ2) is 7.58. The highest BCUT2D eigenvalue weighted by Crippen LogP contribution is 2.29. The fraction of sp³-hybridized carbons (Fsp3) is 0.227. The van der Waals surface area contributed by atoms with Gasteiger partial charge < -0.3 is 9.80 Å². The number of pyridine rings is 2. The Morgan fingerprint density at radius 3 is 2.78 bits per heavy atom. The van der Waals surface area contributed by atoms with E-state index in [9.17, 15) is 4.79 Å². The number of carbonyl (C=O) groups excluding carboxylic acids is 1. The third-order valence-corrected chi connectivity index (χ3v) is 5.02. The zero-order valence-electron chi connectivity index (χ0n) is 15.4. The molecule has 2 aromatic heterocycles. The van der Waals surface area contributed by atoms with E-state index in [1.807, 2.05) is 66.8 Å². The van der Waals surface area contributed by atoms with Crippen LogP contribution in [0, 0.1) is 0 Å². The maximum Gasteiger partial charge on any atom is 0.276 e. The molecule has 27 heavy (non-hydrogen) atoms. The Hall–Kier alpha value is -3.21. The number of amides is 1. The molecule has 0 N–H and O–H groups in total. The second-order valence-corrected chi connectivity index (χ2v) is 6.76. The fourth-order valence-corrected chi connectivity index (χ4v) is 3.44. The van der Waals surface area contributed by atoms with Crippen LogP contribution in [0.25, 0.3) is 0 Å². The number of likely N-dealkylation sites (N-methyl/N-ethyl adjacent to an activating group) is 1. The smallest absolute Gasteiger partial charge is 0.276 e. The number of nitrogens with zero attached hydrogens (tertiary/aromatic N) is 4. The summed E-state index contributed by atoms with van der Waals surface area (Å²) in [6.45, 7) is 1.57. The molecule has 0 saturated heterocycles. The standard InChI is InChI=1S/C22H22N4O/c1-25(14-9-17-6-11-23-12-7-17)19-8-13-24-20(16-19)22(27)26-15-10-18-4-2-3-5-21(18)26/h2-8,11-13,16H,9-10,14-15H2,1H3. The van der Waals surface area contributed by atoms with Crippen LogP contribution in [0.3, 0.4) is 0 Å². The molecule has 4 rings (SSSR count). The minimum atomic E-state index is -0.0377. The van der Waals surface area contributed by atoms with E-state index in [-0.39, 0.29) is 5.91 Å². The second-order valence-electron chi connectivity index (χ2n) is 6.76. The average Bonchev–Trinajstić information content (AvgIpc) is 3.16. The Morgan fingerprint density at radius 1 is 1.11 bits per heavy atom. The van der Waals surface area contributed by atoms with E-state index in [1.165, 1.54) is 11.1 Å². The summed E-state index contributed by atoms with van der Waals surface area (Å²) in [5.41, 5.74) is 4.95. The van der Waals surface area contributed by atoms with Crippen LogP contribution < -0.4 is 9.80 Å². The van der Waals surface area contributed by atoms with Crippen molar-refractivity contribution in [3.8, 4) is 0 Å². The number of para-hydroxylation sites is 1. The number of carbonyl (C=O) groups is 1. The molecule has 1 aliphatic rings. The molecular weight excluding hydrogens is 336 g/mol. The van der Waals surface area contributed by atoms with Gasteiger partial charge >= 0.3 is 0 Å². The molecule has 0 atom stereocenters. The molecule has 0 saturated carbocycles. The minimum Gasteiger partial charge on any atom is -0.374 e. The van der Waals surface area contributed by atoms with Gasteiger partial charge in [0.25, 0.3) is 5.91 Å². The van der Waals surface area contributed by atoms with Crippen LogP contribution in [0.4, 0.5) is 11.4 Å². The van der Waals surface area contributed by atoms with Gasteiger partial charge in [0.05, 0.1) is 0 Å². The molecule has 1 aromatic carbocycles. The Kier molecular flexibility index (Phi) is 4.83. The Balaban J connectivity index is 1.48. The van der Waals surface area contributed by atoms with Gasteiger partial charge in [-0.3, -0.25) is 14.8 Å². The van der Waals surface area contributed by atoms with Crippen molar-refractivity contribution in [1.82, 2.24) is 9.97 Å². The molecule has 0 aliphatic carbocycles. The van der Waals surface area contributed by atoms with Crippen molar-refractivity contribution < 1.29 is 4.79 Å². The van der Waals surface area contributed by atoms with Crippen molar-refractivity contribution in [3.05, 3.63) is 83.9 Å². The van der Waals surface area contributed by atoms with Gasteiger partial charge in [0, 0.05) is 50.1 Å². The Bertz CT molecular complexity index is 942. The molecule has 3 aromatic rings. The van der Waals surface area contributed by atoms with Crippen LogP contribution >= 0.6 is 0 Å². The van der Waals surface area contributed by atoms with Crippen molar-refractivity contribution >= 4 is 17.3 Å². The molecule has 136 valence electrons. The van der Waals surface area contributed by atoms with Crippen molar-refractivity contribution in [2.24, 2.45) is 0 Å². The van der Waals surface area contributed by atoms with Crippen molar-refractivity contribution in [1.29, 1.82) is 0 Å². The summed E-state index contributed by atoms with van der Waals surface area (Å²) >= 11 is 0. The summed E-state index contributed by atoms with van der Waals surface area (Å²) in [7, 11) is 2.04. The van der Waals surface area contributed by atoms with E-state index in [0.29, 0.717) is 12.2 Å². The molecule has 3 heterocycles. The van der Waals surface area contributed by atoms with Crippen LogP contribution in [0.1, 0.15) is 21.6 Å². The van der Waals surface area contributed by atoms with E-state index < -0.39 is 0 Å². The molecule has 5 nitrogen and oxygen atoms in total. The van der Waals surface area contributed by atoms with Crippen molar-refractivity contribution in [2.75, 3.05) is 29.9 Å². The van der Waals surface area contributed by atoms with Gasteiger partial charge in [0.1, 0.15) is 5.69 Å². The summed E-state index contributed by atoms with van der Waals surface area (Å²) in [6.07, 6.45) is 7.16. The third-order valence-electron chi connectivity index (χ3n) is 5.02. The molecule has 5 heteroatoms. The highest BCUT2D eigenvalue weighted by atomic mass is 16.2. The van der Waals surface area contributed by atoms with Gasteiger partial charge in [-0.05, 0) is 54.3 Å². The minimum absolute atomic E-state index is 0.0377. The van der Waals surface area contributed by atoms with E-state index in [0.717, 1.165) is 30.8 Å². The first-order valence-corrected chi connectivity index (χ1v) is 9.18. The van der Waals surface area contributed by atoms with E-state index >= 15 is 0 Å². The normalized spacial score (nSPS) is 12.7. The SMILES string of the molecule is CN(CCc1ccncc1)c1ccnc(C(=O)N2CCc3ccccc32)c1. The maximum atomic E-state index is 13.0. The first-order valence-electron chi connectivity index (χ1n) is 9.18. The zero-order chi connectivity index (χ0) is 18.6. The van der Waals surface area contributed by atoms with Gasteiger partial charge in [-0.1, -0.05) is 18.2 Å². The van der Waals surface area contributed by atoms with Gasteiger partial charge in [-0.15, -0.1) is 0 Å². The summed E-state index contributed by atoms with van der Waals surface area (Å²) in [5, 5.41) is 0. The molecular formula is C22H22N4O. The molecule has 0 radical (unpaired) electrons. The van der Waals surface area contributed by atoms with Crippen LogP contribution in [-0.2, 0) is 12.8 Å². The molecule has 0 spiro atoms. The molecule has 1 aliphatic heterocycles. The quantitative estimate of drug-likeness (QED) is 0.702. The molecule has 1 amide bonds. The predicted molar refractivity (Wildman–Crippen MR) is 107 cm³/mol. The average molecular weight is 358 g/mol. The van der Waals surface area contributed by atoms with E-state index in [2.05, 4.69) is 20.9 Å². The number of fused-ring (bicyclic) bond motifs is 1. The number of anilines is 2. The number of benzene rings is 1. The van der Waals surface area contributed by atoms with Crippen LogP contribution in [0.2, 0.25) is 0 Å². The van der Waals surface area contributed by atoms with Crippen LogP contribution in [0.15, 0.2) is 67.1 Å². The van der Waals surface area contributed by atoms with Gasteiger partial charge in [0.15, 0.2) is 0 Å². The Labute approximate surface area is 159 Å². The molecule has 0 fully saturated rings. The third kappa shape index (κ3) is 3.67. The zero-order valence-corrected chi connectivity index (χ0v) is 15.4. The van der Waals surface area contributed by atoms with Gasteiger partial charge in [0.2, 0.25) is 0 Å². The number of hydrogen-bond donors (Lipinski definition) is 0. The summed E-state index contributed by atoms with van der Waals surface area (Å²) in [4.78, 5) is 25.4. The summed E-state index contributed by atoms with van der Waals surface area (Å²) < 4.78 is 0. The fourth-order valence-electron chi connectivity index (χ4n) is 3.44. The van der Waals surface area contributed by atoms with E-state index in [1.54, 1.807) is 6.20 Å².